The Hall–Kier alpha value is -1.85. The highest BCUT2D eigenvalue weighted by Crippen LogP contribution is 2.18. The summed E-state index contributed by atoms with van der Waals surface area (Å²) in [6.07, 6.45) is 1.34. The number of carbonyl (C=O) groups is 1. The molecule has 0 spiro atoms. The molecular weight excluding hydrogens is 264 g/mol. The summed E-state index contributed by atoms with van der Waals surface area (Å²) in [5, 5.41) is 7.67. The van der Waals surface area contributed by atoms with Crippen molar-refractivity contribution in [2.45, 2.75) is 19.8 Å². The predicted molar refractivity (Wildman–Crippen MR) is 73.8 cm³/mol. The van der Waals surface area contributed by atoms with Gasteiger partial charge in [-0.2, -0.15) is 5.10 Å². The molecule has 0 fully saturated rings. The molecule has 1 aromatic heterocycles. The van der Waals surface area contributed by atoms with Crippen LogP contribution in [0, 0.1) is 6.92 Å². The minimum atomic E-state index is -0.333. The Bertz CT molecular complexity index is 594. The predicted octanol–water partition coefficient (Wildman–Crippen LogP) is 1.76. The monoisotopic (exact) mass is 278 g/mol. The molecule has 0 unspecified atom stereocenters. The minimum absolute atomic E-state index is 0.333. The number of amides is 1. The second-order valence-electron chi connectivity index (χ2n) is 4.24. The summed E-state index contributed by atoms with van der Waals surface area (Å²) >= 11 is 6.10. The van der Waals surface area contributed by atoms with Gasteiger partial charge in [0.05, 0.1) is 11.3 Å². The molecule has 1 amide bonds. The fourth-order valence-corrected chi connectivity index (χ4v) is 2.22. The molecule has 6 heteroatoms. The van der Waals surface area contributed by atoms with E-state index in [0.29, 0.717) is 23.4 Å². The number of halogens is 1. The van der Waals surface area contributed by atoms with Gasteiger partial charge >= 0.3 is 0 Å². The van der Waals surface area contributed by atoms with Crippen LogP contribution in [0.4, 0.5) is 0 Å². The minimum Gasteiger partial charge on any atom is -0.290 e. The molecule has 100 valence electrons. The number of H-pyrrole nitrogens is 1. The fourth-order valence-electron chi connectivity index (χ4n) is 1.99. The Labute approximate surface area is 116 Å². The number of hydrazine groups is 1. The highest BCUT2D eigenvalue weighted by Gasteiger charge is 2.17. The van der Waals surface area contributed by atoms with E-state index in [2.05, 4.69) is 15.6 Å². The lowest BCUT2D eigenvalue weighted by molar-refractivity contribution is 0.0952. The molecule has 0 bridgehead atoms. The van der Waals surface area contributed by atoms with Crippen molar-refractivity contribution in [3.8, 4) is 0 Å². The number of nitrogen functional groups attached to an aromatic ring is 1. The maximum absolute atomic E-state index is 11.7. The summed E-state index contributed by atoms with van der Waals surface area (Å²) in [7, 11) is 0. The molecule has 1 heterocycles. The van der Waals surface area contributed by atoms with Gasteiger partial charge in [-0.1, -0.05) is 29.8 Å². The van der Waals surface area contributed by atoms with Crippen LogP contribution in [-0.4, -0.2) is 16.1 Å². The Morgan fingerprint density at radius 1 is 1.42 bits per heavy atom. The van der Waals surface area contributed by atoms with Crippen molar-refractivity contribution in [1.82, 2.24) is 15.6 Å². The lowest BCUT2D eigenvalue weighted by Gasteiger charge is -2.04. The maximum Gasteiger partial charge on any atom is 0.268 e. The van der Waals surface area contributed by atoms with Gasteiger partial charge in [0.2, 0.25) is 0 Å². The number of aryl methyl sites for hydroxylation is 3. The van der Waals surface area contributed by atoms with Crippen molar-refractivity contribution in [3.05, 3.63) is 51.8 Å². The van der Waals surface area contributed by atoms with Crippen LogP contribution < -0.4 is 11.3 Å². The number of hydrogen-bond acceptors (Lipinski definition) is 3. The molecule has 0 aliphatic heterocycles. The largest absolute Gasteiger partial charge is 0.290 e. The Morgan fingerprint density at radius 3 is 2.84 bits per heavy atom. The molecule has 1 aromatic carbocycles. The van der Waals surface area contributed by atoms with E-state index in [1.165, 1.54) is 0 Å². The summed E-state index contributed by atoms with van der Waals surface area (Å²) in [5.74, 6) is 4.84. The molecule has 0 aliphatic carbocycles. The quantitative estimate of drug-likeness (QED) is 0.453. The van der Waals surface area contributed by atoms with Gasteiger partial charge in [-0.25, -0.2) is 5.84 Å². The number of rotatable bonds is 4. The molecule has 0 atom stereocenters. The Morgan fingerprint density at radius 2 is 2.16 bits per heavy atom. The van der Waals surface area contributed by atoms with Crippen LogP contribution in [0.5, 0.6) is 0 Å². The lowest BCUT2D eigenvalue weighted by atomic mass is 10.0. The van der Waals surface area contributed by atoms with Gasteiger partial charge in [0, 0.05) is 10.7 Å². The number of aromatic amines is 1. The first-order valence-electron chi connectivity index (χ1n) is 5.91. The van der Waals surface area contributed by atoms with E-state index < -0.39 is 0 Å². The van der Waals surface area contributed by atoms with Crippen molar-refractivity contribution in [1.29, 1.82) is 0 Å². The molecule has 2 aromatic rings. The van der Waals surface area contributed by atoms with Gasteiger partial charge in [0.15, 0.2) is 0 Å². The number of nitrogens with two attached hydrogens (primary N) is 1. The van der Waals surface area contributed by atoms with Crippen molar-refractivity contribution >= 4 is 17.5 Å². The number of benzene rings is 1. The average molecular weight is 279 g/mol. The average Bonchev–Trinajstić information content (AvgIpc) is 2.78. The summed E-state index contributed by atoms with van der Waals surface area (Å²) < 4.78 is 0. The smallest absolute Gasteiger partial charge is 0.268 e. The molecular formula is C13H15ClN4O. The second-order valence-corrected chi connectivity index (χ2v) is 4.64. The van der Waals surface area contributed by atoms with Crippen molar-refractivity contribution in [3.63, 3.8) is 0 Å². The third kappa shape index (κ3) is 2.94. The van der Waals surface area contributed by atoms with E-state index >= 15 is 0 Å². The molecule has 4 N–H and O–H groups in total. The van der Waals surface area contributed by atoms with E-state index in [4.69, 9.17) is 17.4 Å². The molecule has 0 saturated carbocycles. The van der Waals surface area contributed by atoms with Gasteiger partial charge in [-0.15, -0.1) is 0 Å². The Balaban J connectivity index is 2.17. The first kappa shape index (κ1) is 13.6. The number of hydrogen-bond donors (Lipinski definition) is 3. The third-order valence-corrected chi connectivity index (χ3v) is 3.34. The van der Waals surface area contributed by atoms with Gasteiger partial charge in [-0.05, 0) is 31.4 Å². The van der Waals surface area contributed by atoms with Crippen molar-refractivity contribution in [2.75, 3.05) is 0 Å². The molecule has 19 heavy (non-hydrogen) atoms. The van der Waals surface area contributed by atoms with Crippen LogP contribution in [0.2, 0.25) is 5.02 Å². The van der Waals surface area contributed by atoms with Crippen LogP contribution >= 0.6 is 11.6 Å². The summed E-state index contributed by atoms with van der Waals surface area (Å²) in [6, 6.07) is 7.63. The highest BCUT2D eigenvalue weighted by atomic mass is 35.5. The number of nitrogens with one attached hydrogen (secondary N) is 2. The number of nitrogens with zero attached hydrogens (tertiary/aromatic N) is 1. The van der Waals surface area contributed by atoms with E-state index in [0.717, 1.165) is 17.0 Å². The summed E-state index contributed by atoms with van der Waals surface area (Å²) in [6.45, 7) is 1.79. The van der Waals surface area contributed by atoms with Crippen LogP contribution in [-0.2, 0) is 12.8 Å². The second kappa shape index (κ2) is 5.86. The van der Waals surface area contributed by atoms with Gasteiger partial charge in [-0.3, -0.25) is 15.3 Å². The SMILES string of the molecule is Cc1[nH]nc(CCc2ccccc2Cl)c1C(=O)NN. The third-order valence-electron chi connectivity index (χ3n) is 2.97. The maximum atomic E-state index is 11.7. The number of aromatic nitrogens is 2. The molecule has 0 aliphatic rings. The van der Waals surface area contributed by atoms with Gasteiger partial charge < -0.3 is 0 Å². The van der Waals surface area contributed by atoms with Crippen molar-refractivity contribution in [2.24, 2.45) is 5.84 Å². The summed E-state index contributed by atoms with van der Waals surface area (Å²) in [5.41, 5.74) is 5.07. The van der Waals surface area contributed by atoms with E-state index in [1.54, 1.807) is 6.92 Å². The molecule has 2 rings (SSSR count). The highest BCUT2D eigenvalue weighted by molar-refractivity contribution is 6.31. The van der Waals surface area contributed by atoms with Crippen LogP contribution in [0.15, 0.2) is 24.3 Å². The van der Waals surface area contributed by atoms with E-state index in [9.17, 15) is 4.79 Å². The topological polar surface area (TPSA) is 83.8 Å². The first-order valence-corrected chi connectivity index (χ1v) is 6.29. The molecule has 0 radical (unpaired) electrons. The van der Waals surface area contributed by atoms with E-state index in [1.807, 2.05) is 24.3 Å². The summed E-state index contributed by atoms with van der Waals surface area (Å²) in [4.78, 5) is 11.7. The van der Waals surface area contributed by atoms with Crippen LogP contribution in [0.3, 0.4) is 0 Å². The van der Waals surface area contributed by atoms with Crippen LogP contribution in [0.25, 0.3) is 0 Å². The van der Waals surface area contributed by atoms with E-state index in [-0.39, 0.29) is 5.91 Å². The van der Waals surface area contributed by atoms with Gasteiger partial charge in [0.1, 0.15) is 0 Å². The van der Waals surface area contributed by atoms with Crippen molar-refractivity contribution < 1.29 is 4.79 Å². The number of carbonyl (C=O) groups excluding carboxylic acids is 1. The van der Waals surface area contributed by atoms with Crippen LogP contribution in [0.1, 0.15) is 27.3 Å². The molecule has 5 nitrogen and oxygen atoms in total. The normalized spacial score (nSPS) is 10.5. The zero-order chi connectivity index (χ0) is 13.8. The standard InChI is InChI=1S/C13H15ClN4O/c1-8-12(13(19)16-15)11(18-17-8)7-6-9-4-2-3-5-10(9)14/h2-5H,6-7,15H2,1H3,(H,16,19)(H,17,18). The zero-order valence-electron chi connectivity index (χ0n) is 10.5. The fraction of sp³-hybridized carbons (Fsp3) is 0.231. The lowest BCUT2D eigenvalue weighted by Crippen LogP contribution is -2.31. The zero-order valence-corrected chi connectivity index (χ0v) is 11.3. The first-order chi connectivity index (χ1) is 9.13. The Kier molecular flexibility index (Phi) is 4.19. The molecule has 0 saturated heterocycles. The van der Waals surface area contributed by atoms with Gasteiger partial charge in [0.25, 0.3) is 5.91 Å².